The number of hydrogen-bond acceptors (Lipinski definition) is 3. The fraction of sp³-hybridized carbons (Fsp3) is 0.438. The smallest absolute Gasteiger partial charge is 0.251 e. The van der Waals surface area contributed by atoms with Gasteiger partial charge in [0.25, 0.3) is 5.91 Å². The van der Waals surface area contributed by atoms with E-state index in [1.54, 1.807) is 12.1 Å². The zero-order valence-electron chi connectivity index (χ0n) is 11.6. The number of ether oxygens (including phenoxy) is 1. The molecule has 0 radical (unpaired) electrons. The van der Waals surface area contributed by atoms with Gasteiger partial charge in [0.15, 0.2) is 0 Å². The van der Waals surface area contributed by atoms with Crippen LogP contribution >= 0.6 is 0 Å². The van der Waals surface area contributed by atoms with Gasteiger partial charge in [0, 0.05) is 24.2 Å². The molecule has 1 aromatic carbocycles. The molecule has 0 spiro atoms. The van der Waals surface area contributed by atoms with Crippen LogP contribution in [0.3, 0.4) is 0 Å². The standard InChI is InChI=1S/C16H19NO3/c1-12-15(8-10-20-12)17-16(19)14-7-4-6-13(11-14)5-2-3-9-18/h4,6-7,11-12,15,18H,3,8-10H2,1H3,(H,17,19). The molecule has 4 heteroatoms. The van der Waals surface area contributed by atoms with Gasteiger partial charge in [-0.3, -0.25) is 4.79 Å². The average Bonchev–Trinajstić information content (AvgIpc) is 2.85. The lowest BCUT2D eigenvalue weighted by Gasteiger charge is -2.16. The Labute approximate surface area is 119 Å². The van der Waals surface area contributed by atoms with Crippen LogP contribution in [-0.2, 0) is 4.74 Å². The molecule has 0 aliphatic carbocycles. The number of aliphatic hydroxyl groups excluding tert-OH is 1. The van der Waals surface area contributed by atoms with Crippen molar-refractivity contribution < 1.29 is 14.6 Å². The number of rotatable bonds is 3. The fourth-order valence-corrected chi connectivity index (χ4v) is 2.13. The summed E-state index contributed by atoms with van der Waals surface area (Å²) in [5, 5.41) is 11.7. The Kier molecular flexibility index (Phi) is 5.16. The van der Waals surface area contributed by atoms with E-state index in [1.165, 1.54) is 0 Å². The lowest BCUT2D eigenvalue weighted by atomic mass is 10.1. The second-order valence-electron chi connectivity index (χ2n) is 4.80. The van der Waals surface area contributed by atoms with Gasteiger partial charge in [0.2, 0.25) is 0 Å². The molecule has 1 heterocycles. The van der Waals surface area contributed by atoms with Crippen LogP contribution in [0.2, 0.25) is 0 Å². The predicted octanol–water partition coefficient (Wildman–Crippen LogP) is 1.33. The van der Waals surface area contributed by atoms with Crippen LogP contribution in [0.15, 0.2) is 24.3 Å². The number of nitrogens with one attached hydrogen (secondary N) is 1. The maximum absolute atomic E-state index is 12.2. The Morgan fingerprint density at radius 2 is 2.40 bits per heavy atom. The molecule has 0 aromatic heterocycles. The lowest BCUT2D eigenvalue weighted by Crippen LogP contribution is -2.39. The van der Waals surface area contributed by atoms with Crippen molar-refractivity contribution in [2.24, 2.45) is 0 Å². The number of benzene rings is 1. The highest BCUT2D eigenvalue weighted by molar-refractivity contribution is 5.94. The molecule has 2 unspecified atom stereocenters. The van der Waals surface area contributed by atoms with Crippen LogP contribution in [0, 0.1) is 11.8 Å². The molecule has 106 valence electrons. The Morgan fingerprint density at radius 3 is 3.10 bits per heavy atom. The summed E-state index contributed by atoms with van der Waals surface area (Å²) >= 11 is 0. The number of aliphatic hydroxyl groups is 1. The largest absolute Gasteiger partial charge is 0.395 e. The third-order valence-electron chi connectivity index (χ3n) is 3.29. The van der Waals surface area contributed by atoms with E-state index in [1.807, 2.05) is 19.1 Å². The molecule has 2 N–H and O–H groups in total. The van der Waals surface area contributed by atoms with E-state index >= 15 is 0 Å². The van der Waals surface area contributed by atoms with Crippen molar-refractivity contribution in [2.45, 2.75) is 31.9 Å². The second kappa shape index (κ2) is 7.09. The summed E-state index contributed by atoms with van der Waals surface area (Å²) < 4.78 is 5.43. The Bertz CT molecular complexity index is 530. The van der Waals surface area contributed by atoms with Crippen molar-refractivity contribution in [1.29, 1.82) is 0 Å². The monoisotopic (exact) mass is 273 g/mol. The van der Waals surface area contributed by atoms with Gasteiger partial charge in [-0.25, -0.2) is 0 Å². The minimum atomic E-state index is -0.0989. The van der Waals surface area contributed by atoms with Crippen molar-refractivity contribution in [3.8, 4) is 11.8 Å². The molecule has 20 heavy (non-hydrogen) atoms. The van der Waals surface area contributed by atoms with E-state index in [2.05, 4.69) is 17.2 Å². The molecular weight excluding hydrogens is 254 g/mol. The summed E-state index contributed by atoms with van der Waals surface area (Å²) in [6.07, 6.45) is 1.35. The highest BCUT2D eigenvalue weighted by Crippen LogP contribution is 2.13. The first-order chi connectivity index (χ1) is 9.70. The predicted molar refractivity (Wildman–Crippen MR) is 76.3 cm³/mol. The molecule has 1 saturated heterocycles. The van der Waals surface area contributed by atoms with Gasteiger partial charge in [0.1, 0.15) is 0 Å². The molecule has 1 aromatic rings. The third kappa shape index (κ3) is 3.83. The molecule has 2 atom stereocenters. The number of amides is 1. The molecular formula is C16H19NO3. The van der Waals surface area contributed by atoms with Gasteiger partial charge in [-0.15, -0.1) is 0 Å². The highest BCUT2D eigenvalue weighted by Gasteiger charge is 2.25. The molecule has 1 aliphatic heterocycles. The molecule has 1 amide bonds. The first kappa shape index (κ1) is 14.6. The topological polar surface area (TPSA) is 58.6 Å². The molecule has 1 aliphatic rings. The minimum Gasteiger partial charge on any atom is -0.395 e. The summed E-state index contributed by atoms with van der Waals surface area (Å²) in [6, 6.07) is 7.27. The number of carbonyl (C=O) groups excluding carboxylic acids is 1. The summed E-state index contributed by atoms with van der Waals surface area (Å²) in [6.45, 7) is 2.71. The Balaban J connectivity index is 2.03. The zero-order valence-corrected chi connectivity index (χ0v) is 11.6. The average molecular weight is 273 g/mol. The van der Waals surface area contributed by atoms with Gasteiger partial charge < -0.3 is 15.2 Å². The second-order valence-corrected chi connectivity index (χ2v) is 4.80. The van der Waals surface area contributed by atoms with Gasteiger partial charge in [-0.05, 0) is 31.5 Å². The molecule has 2 rings (SSSR count). The Hall–Kier alpha value is -1.83. The van der Waals surface area contributed by atoms with Crippen LogP contribution in [-0.4, -0.2) is 36.4 Å². The zero-order chi connectivity index (χ0) is 14.4. The van der Waals surface area contributed by atoms with E-state index in [4.69, 9.17) is 9.84 Å². The van der Waals surface area contributed by atoms with E-state index in [0.717, 1.165) is 12.0 Å². The van der Waals surface area contributed by atoms with Crippen LogP contribution in [0.5, 0.6) is 0 Å². The summed E-state index contributed by atoms with van der Waals surface area (Å²) in [7, 11) is 0. The van der Waals surface area contributed by atoms with Gasteiger partial charge in [0.05, 0.1) is 18.8 Å². The third-order valence-corrected chi connectivity index (χ3v) is 3.29. The maximum atomic E-state index is 12.2. The van der Waals surface area contributed by atoms with E-state index < -0.39 is 0 Å². The van der Waals surface area contributed by atoms with Crippen molar-refractivity contribution in [1.82, 2.24) is 5.32 Å². The van der Waals surface area contributed by atoms with E-state index in [0.29, 0.717) is 18.6 Å². The Morgan fingerprint density at radius 1 is 1.55 bits per heavy atom. The quantitative estimate of drug-likeness (QED) is 0.817. The van der Waals surface area contributed by atoms with Gasteiger partial charge in [-0.2, -0.15) is 0 Å². The lowest BCUT2D eigenvalue weighted by molar-refractivity contribution is 0.0866. The molecule has 4 nitrogen and oxygen atoms in total. The van der Waals surface area contributed by atoms with Crippen LogP contribution in [0.1, 0.15) is 35.7 Å². The molecule has 0 saturated carbocycles. The summed E-state index contributed by atoms with van der Waals surface area (Å²) in [5.74, 6) is 5.68. The summed E-state index contributed by atoms with van der Waals surface area (Å²) in [4.78, 5) is 12.2. The van der Waals surface area contributed by atoms with Crippen molar-refractivity contribution >= 4 is 5.91 Å². The van der Waals surface area contributed by atoms with Gasteiger partial charge >= 0.3 is 0 Å². The van der Waals surface area contributed by atoms with Crippen molar-refractivity contribution in [3.05, 3.63) is 35.4 Å². The van der Waals surface area contributed by atoms with E-state index in [-0.39, 0.29) is 24.7 Å². The molecule has 1 fully saturated rings. The fourth-order valence-electron chi connectivity index (χ4n) is 2.13. The normalized spacial score (nSPS) is 21.1. The first-order valence-electron chi connectivity index (χ1n) is 6.83. The first-order valence-corrected chi connectivity index (χ1v) is 6.83. The van der Waals surface area contributed by atoms with Crippen LogP contribution in [0.4, 0.5) is 0 Å². The van der Waals surface area contributed by atoms with Crippen LogP contribution in [0.25, 0.3) is 0 Å². The SMILES string of the molecule is CC1OCCC1NC(=O)c1cccc(C#CCCO)c1. The maximum Gasteiger partial charge on any atom is 0.251 e. The minimum absolute atomic E-state index is 0.0484. The van der Waals surface area contributed by atoms with Crippen molar-refractivity contribution in [2.75, 3.05) is 13.2 Å². The van der Waals surface area contributed by atoms with E-state index in [9.17, 15) is 4.79 Å². The highest BCUT2D eigenvalue weighted by atomic mass is 16.5. The number of hydrogen-bond donors (Lipinski definition) is 2. The number of carbonyl (C=O) groups is 1. The summed E-state index contributed by atoms with van der Waals surface area (Å²) in [5.41, 5.74) is 1.38. The van der Waals surface area contributed by atoms with Crippen molar-refractivity contribution in [3.63, 3.8) is 0 Å². The van der Waals surface area contributed by atoms with Gasteiger partial charge in [-0.1, -0.05) is 17.9 Å². The molecule has 0 bridgehead atoms. The van der Waals surface area contributed by atoms with Crippen LogP contribution < -0.4 is 5.32 Å².